The van der Waals surface area contributed by atoms with Crippen molar-refractivity contribution in [3.63, 3.8) is 0 Å². The van der Waals surface area contributed by atoms with E-state index in [2.05, 4.69) is 15.9 Å². The van der Waals surface area contributed by atoms with Crippen LogP contribution >= 0.6 is 15.9 Å². The molecule has 1 aromatic carbocycles. The molecule has 4 nitrogen and oxygen atoms in total. The molecule has 0 aliphatic rings. The summed E-state index contributed by atoms with van der Waals surface area (Å²) in [5, 5.41) is 10.7. The van der Waals surface area contributed by atoms with Crippen LogP contribution in [0.25, 0.3) is 6.08 Å². The number of nitro groups is 1. The molecule has 0 heterocycles. The van der Waals surface area contributed by atoms with Gasteiger partial charge in [-0.25, -0.2) is 4.39 Å². The third-order valence-corrected chi connectivity index (χ3v) is 2.27. The minimum absolute atomic E-state index is 0.0260. The molecule has 1 aromatic rings. The van der Waals surface area contributed by atoms with Gasteiger partial charge in [-0.1, -0.05) is 15.9 Å². The van der Waals surface area contributed by atoms with E-state index in [1.807, 2.05) is 0 Å². The summed E-state index contributed by atoms with van der Waals surface area (Å²) in [5.41, 5.74) is -0.285. The lowest BCUT2D eigenvalue weighted by Gasteiger charge is -2.05. The first-order valence-electron chi connectivity index (χ1n) is 4.40. The zero-order chi connectivity index (χ0) is 12.3. The Morgan fingerprint density at radius 1 is 1.50 bits per heavy atom. The minimum Gasteiger partial charge on any atom is -0.383 e. The lowest BCUT2D eigenvalue weighted by Crippen LogP contribution is -2.01. The number of rotatable bonds is 3. The van der Waals surface area contributed by atoms with Gasteiger partial charge in [0.25, 0.3) is 5.69 Å². The summed E-state index contributed by atoms with van der Waals surface area (Å²) in [6.07, 6.45) is 2.93. The van der Waals surface area contributed by atoms with E-state index in [0.717, 1.165) is 0 Å². The summed E-state index contributed by atoms with van der Waals surface area (Å²) in [6.45, 7) is 0. The van der Waals surface area contributed by atoms with E-state index in [1.54, 1.807) is 25.2 Å². The average molecular weight is 289 g/mol. The van der Waals surface area contributed by atoms with E-state index in [-0.39, 0.29) is 11.3 Å². The van der Waals surface area contributed by atoms with Crippen molar-refractivity contribution in [2.24, 2.45) is 0 Å². The first kappa shape index (κ1) is 12.6. The molecule has 0 atom stereocenters. The Morgan fingerprint density at radius 3 is 2.62 bits per heavy atom. The van der Waals surface area contributed by atoms with Crippen LogP contribution in [0.3, 0.4) is 0 Å². The average Bonchev–Trinajstić information content (AvgIpc) is 2.14. The Morgan fingerprint density at radius 2 is 2.12 bits per heavy atom. The highest BCUT2D eigenvalue weighted by molar-refractivity contribution is 9.10. The molecule has 0 saturated carbocycles. The van der Waals surface area contributed by atoms with Crippen LogP contribution in [0.4, 0.5) is 10.1 Å². The standard InChI is InChI=1S/C10H10BrFN2O2/c1-13(2)4-3-8-9(12)5-7(11)6-10(8)14(15)16/h3-6H,1-2H3. The Kier molecular flexibility index (Phi) is 4.00. The fourth-order valence-corrected chi connectivity index (χ4v) is 1.53. The highest BCUT2D eigenvalue weighted by Crippen LogP contribution is 2.27. The van der Waals surface area contributed by atoms with Crippen molar-refractivity contribution in [3.8, 4) is 0 Å². The van der Waals surface area contributed by atoms with Gasteiger partial charge in [0.15, 0.2) is 0 Å². The van der Waals surface area contributed by atoms with Gasteiger partial charge in [-0.3, -0.25) is 10.1 Å². The molecule has 0 unspecified atom stereocenters. The number of nitrogens with zero attached hydrogens (tertiary/aromatic N) is 2. The van der Waals surface area contributed by atoms with Gasteiger partial charge in [0.2, 0.25) is 0 Å². The zero-order valence-corrected chi connectivity index (χ0v) is 10.4. The van der Waals surface area contributed by atoms with Crippen LogP contribution in [-0.2, 0) is 0 Å². The Labute approximate surface area is 101 Å². The summed E-state index contributed by atoms with van der Waals surface area (Å²) in [6, 6.07) is 2.47. The number of nitro benzene ring substituents is 1. The molecule has 1 rings (SSSR count). The Hall–Kier alpha value is -1.43. The molecule has 0 bridgehead atoms. The van der Waals surface area contributed by atoms with E-state index in [4.69, 9.17) is 0 Å². The third kappa shape index (κ3) is 3.03. The molecule has 0 saturated heterocycles. The fourth-order valence-electron chi connectivity index (χ4n) is 1.11. The van der Waals surface area contributed by atoms with Crippen molar-refractivity contribution in [1.82, 2.24) is 4.90 Å². The lowest BCUT2D eigenvalue weighted by atomic mass is 10.1. The monoisotopic (exact) mass is 288 g/mol. The van der Waals surface area contributed by atoms with Gasteiger partial charge in [0.05, 0.1) is 10.5 Å². The first-order chi connectivity index (χ1) is 7.41. The second kappa shape index (κ2) is 5.07. The molecule has 0 aliphatic carbocycles. The number of halogens is 2. The molecule has 6 heteroatoms. The molecule has 0 fully saturated rings. The predicted molar refractivity (Wildman–Crippen MR) is 63.5 cm³/mol. The number of benzene rings is 1. The smallest absolute Gasteiger partial charge is 0.280 e. The van der Waals surface area contributed by atoms with E-state index < -0.39 is 10.7 Å². The molecule has 0 spiro atoms. The normalized spacial score (nSPS) is 10.8. The minimum atomic E-state index is -0.626. The predicted octanol–water partition coefficient (Wildman–Crippen LogP) is 3.03. The second-order valence-electron chi connectivity index (χ2n) is 3.36. The maximum Gasteiger partial charge on any atom is 0.280 e. The Balaban J connectivity index is 3.30. The van der Waals surface area contributed by atoms with Crippen LogP contribution < -0.4 is 0 Å². The topological polar surface area (TPSA) is 46.4 Å². The van der Waals surface area contributed by atoms with E-state index in [1.165, 1.54) is 18.2 Å². The van der Waals surface area contributed by atoms with Crippen molar-refractivity contribution < 1.29 is 9.31 Å². The largest absolute Gasteiger partial charge is 0.383 e. The van der Waals surface area contributed by atoms with E-state index in [9.17, 15) is 14.5 Å². The highest BCUT2D eigenvalue weighted by Gasteiger charge is 2.17. The van der Waals surface area contributed by atoms with Crippen molar-refractivity contribution in [2.45, 2.75) is 0 Å². The van der Waals surface area contributed by atoms with Gasteiger partial charge in [0, 0.05) is 24.6 Å². The molecule has 0 amide bonds. The van der Waals surface area contributed by atoms with Crippen LogP contribution in [0.1, 0.15) is 5.56 Å². The van der Waals surface area contributed by atoms with Crippen molar-refractivity contribution in [3.05, 3.63) is 44.3 Å². The summed E-state index contributed by atoms with van der Waals surface area (Å²) in [5.74, 6) is -0.626. The molecule has 16 heavy (non-hydrogen) atoms. The molecule has 86 valence electrons. The van der Waals surface area contributed by atoms with Gasteiger partial charge < -0.3 is 4.90 Å². The summed E-state index contributed by atoms with van der Waals surface area (Å²) >= 11 is 3.02. The van der Waals surface area contributed by atoms with Gasteiger partial charge in [-0.15, -0.1) is 0 Å². The van der Waals surface area contributed by atoms with Crippen LogP contribution in [-0.4, -0.2) is 23.9 Å². The summed E-state index contributed by atoms with van der Waals surface area (Å²) in [7, 11) is 3.50. The second-order valence-corrected chi connectivity index (χ2v) is 4.27. The zero-order valence-electron chi connectivity index (χ0n) is 8.78. The molecule has 0 aromatic heterocycles. The van der Waals surface area contributed by atoms with Gasteiger partial charge >= 0.3 is 0 Å². The SMILES string of the molecule is CN(C)C=Cc1c(F)cc(Br)cc1[N+](=O)[O-]. The van der Waals surface area contributed by atoms with Crippen LogP contribution in [0.5, 0.6) is 0 Å². The first-order valence-corrected chi connectivity index (χ1v) is 5.19. The van der Waals surface area contributed by atoms with E-state index >= 15 is 0 Å². The molecular weight excluding hydrogens is 279 g/mol. The number of hydrogen-bond donors (Lipinski definition) is 0. The fraction of sp³-hybridized carbons (Fsp3) is 0.200. The van der Waals surface area contributed by atoms with Crippen LogP contribution in [0, 0.1) is 15.9 Å². The van der Waals surface area contributed by atoms with Crippen molar-refractivity contribution >= 4 is 27.7 Å². The van der Waals surface area contributed by atoms with Crippen molar-refractivity contribution in [1.29, 1.82) is 0 Å². The van der Waals surface area contributed by atoms with Crippen LogP contribution in [0.15, 0.2) is 22.8 Å². The third-order valence-electron chi connectivity index (χ3n) is 1.81. The molecule has 0 aliphatic heterocycles. The maximum absolute atomic E-state index is 13.5. The highest BCUT2D eigenvalue weighted by atomic mass is 79.9. The quantitative estimate of drug-likeness (QED) is 0.634. The van der Waals surface area contributed by atoms with Gasteiger partial charge in [-0.05, 0) is 18.3 Å². The molecule has 0 N–H and O–H groups in total. The Bertz CT molecular complexity index is 447. The van der Waals surface area contributed by atoms with Gasteiger partial charge in [-0.2, -0.15) is 0 Å². The van der Waals surface area contributed by atoms with Crippen LogP contribution in [0.2, 0.25) is 0 Å². The summed E-state index contributed by atoms with van der Waals surface area (Å²) < 4.78 is 13.9. The molecule has 0 radical (unpaired) electrons. The summed E-state index contributed by atoms with van der Waals surface area (Å²) in [4.78, 5) is 11.8. The lowest BCUT2D eigenvalue weighted by molar-refractivity contribution is -0.385. The maximum atomic E-state index is 13.5. The molecular formula is C10H10BrFN2O2. The number of hydrogen-bond acceptors (Lipinski definition) is 3. The van der Waals surface area contributed by atoms with Crippen molar-refractivity contribution in [2.75, 3.05) is 14.1 Å². The van der Waals surface area contributed by atoms with Gasteiger partial charge in [0.1, 0.15) is 5.82 Å². The van der Waals surface area contributed by atoms with E-state index in [0.29, 0.717) is 4.47 Å².